The van der Waals surface area contributed by atoms with Gasteiger partial charge in [0.15, 0.2) is 5.78 Å². The van der Waals surface area contributed by atoms with Gasteiger partial charge in [-0.2, -0.15) is 0 Å². The summed E-state index contributed by atoms with van der Waals surface area (Å²) in [6.45, 7) is 0. The number of allylic oxidation sites excluding steroid dienone is 2. The van der Waals surface area contributed by atoms with Crippen LogP contribution in [0, 0.1) is 5.92 Å². The van der Waals surface area contributed by atoms with Crippen LogP contribution in [0.3, 0.4) is 0 Å². The van der Waals surface area contributed by atoms with Gasteiger partial charge in [0.1, 0.15) is 0 Å². The molecule has 5 aromatic carbocycles. The molecular formula is C42H37NO. The van der Waals surface area contributed by atoms with Crippen molar-refractivity contribution in [2.45, 2.75) is 43.1 Å². The molecule has 0 radical (unpaired) electrons. The number of fused-ring (bicyclic) bond motifs is 5. The summed E-state index contributed by atoms with van der Waals surface area (Å²) in [6.07, 6.45) is 10.5. The van der Waals surface area contributed by atoms with Gasteiger partial charge in [-0.15, -0.1) is 0 Å². The fourth-order valence-corrected chi connectivity index (χ4v) is 8.91. The molecule has 3 aliphatic rings. The van der Waals surface area contributed by atoms with E-state index in [1.54, 1.807) is 0 Å². The zero-order valence-electron chi connectivity index (χ0n) is 25.2. The Morgan fingerprint density at radius 2 is 1.30 bits per heavy atom. The van der Waals surface area contributed by atoms with Crippen LogP contribution in [0.4, 0.5) is 5.69 Å². The molecular weight excluding hydrogens is 534 g/mol. The van der Waals surface area contributed by atoms with Gasteiger partial charge in [-0.3, -0.25) is 4.79 Å². The van der Waals surface area contributed by atoms with Crippen LogP contribution in [0.5, 0.6) is 0 Å². The quantitative estimate of drug-likeness (QED) is 0.200. The molecule has 2 nitrogen and oxygen atoms in total. The van der Waals surface area contributed by atoms with Gasteiger partial charge in [-0.25, -0.2) is 0 Å². The Morgan fingerprint density at radius 3 is 2.00 bits per heavy atom. The second-order valence-electron chi connectivity index (χ2n) is 12.8. The van der Waals surface area contributed by atoms with E-state index in [0.717, 1.165) is 42.4 Å². The average molecular weight is 572 g/mol. The Balaban J connectivity index is 1.50. The van der Waals surface area contributed by atoms with Crippen LogP contribution in [0.1, 0.15) is 59.2 Å². The molecule has 5 aromatic rings. The van der Waals surface area contributed by atoms with Crippen molar-refractivity contribution >= 4 is 33.4 Å². The van der Waals surface area contributed by atoms with E-state index < -0.39 is 11.5 Å². The Labute approximate surface area is 260 Å². The van der Waals surface area contributed by atoms with Crippen molar-refractivity contribution in [1.29, 1.82) is 0 Å². The molecule has 8 rings (SSSR count). The third-order valence-corrected chi connectivity index (χ3v) is 10.7. The Hall–Kier alpha value is -4.69. The normalized spacial score (nSPS) is 22.1. The fraction of sp³-hybridized carbons (Fsp3) is 0.214. The highest BCUT2D eigenvalue weighted by Crippen LogP contribution is 2.66. The summed E-state index contributed by atoms with van der Waals surface area (Å²) in [6, 6.07) is 44.8. The number of benzene rings is 5. The van der Waals surface area contributed by atoms with E-state index in [1.807, 2.05) is 30.3 Å². The number of ketones is 1. The summed E-state index contributed by atoms with van der Waals surface area (Å²) in [5, 5.41) is 2.60. The lowest BCUT2D eigenvalue weighted by atomic mass is 9.51. The molecule has 1 fully saturated rings. The first kappa shape index (κ1) is 26.9. The second-order valence-corrected chi connectivity index (χ2v) is 12.8. The summed E-state index contributed by atoms with van der Waals surface area (Å²) in [5.41, 5.74) is 7.23. The number of Topliss-reactive ketones (excluding diaryl/α,β-unsaturated/α-hetero) is 1. The largest absolute Gasteiger partial charge is 0.363 e. The van der Waals surface area contributed by atoms with Gasteiger partial charge in [0, 0.05) is 23.7 Å². The smallest absolute Gasteiger partial charge is 0.173 e. The summed E-state index contributed by atoms with van der Waals surface area (Å²) >= 11 is 0. The Morgan fingerprint density at radius 1 is 0.682 bits per heavy atom. The van der Waals surface area contributed by atoms with Gasteiger partial charge in [0.05, 0.1) is 11.5 Å². The number of anilines is 1. The third-order valence-electron chi connectivity index (χ3n) is 10.7. The summed E-state index contributed by atoms with van der Waals surface area (Å²) < 4.78 is 0. The number of carbonyl (C=O) groups excluding carboxylic acids is 1. The van der Waals surface area contributed by atoms with Crippen LogP contribution in [0.25, 0.3) is 21.9 Å². The van der Waals surface area contributed by atoms with Crippen LogP contribution in [0.15, 0.2) is 140 Å². The predicted octanol–water partition coefficient (Wildman–Crippen LogP) is 9.91. The van der Waals surface area contributed by atoms with Crippen molar-refractivity contribution in [1.82, 2.24) is 0 Å². The monoisotopic (exact) mass is 571 g/mol. The van der Waals surface area contributed by atoms with E-state index in [4.69, 9.17) is 0 Å². The van der Waals surface area contributed by atoms with E-state index in [9.17, 15) is 0 Å². The number of hydrogen-bond donors (Lipinski definition) is 0. The van der Waals surface area contributed by atoms with E-state index >= 15 is 4.79 Å². The highest BCUT2D eigenvalue weighted by atomic mass is 16.1. The molecule has 1 aliphatic heterocycles. The first-order valence-corrected chi connectivity index (χ1v) is 16.0. The van der Waals surface area contributed by atoms with E-state index in [0.29, 0.717) is 0 Å². The minimum Gasteiger partial charge on any atom is -0.363 e. The lowest BCUT2D eigenvalue weighted by Crippen LogP contribution is -2.63. The molecule has 2 heteroatoms. The molecule has 1 saturated carbocycles. The van der Waals surface area contributed by atoms with Crippen LogP contribution < -0.4 is 4.90 Å². The first-order valence-electron chi connectivity index (χ1n) is 16.0. The fourth-order valence-electron chi connectivity index (χ4n) is 8.91. The molecule has 0 unspecified atom stereocenters. The summed E-state index contributed by atoms with van der Waals surface area (Å²) in [7, 11) is 2.26. The second kappa shape index (κ2) is 10.5. The van der Waals surface area contributed by atoms with Crippen LogP contribution in [-0.2, 0) is 5.41 Å². The van der Waals surface area contributed by atoms with Gasteiger partial charge >= 0.3 is 0 Å². The first-order chi connectivity index (χ1) is 21.6. The molecule has 0 amide bonds. The molecule has 216 valence electrons. The number of nitrogens with zero attached hydrogens (tertiary/aromatic N) is 1. The van der Waals surface area contributed by atoms with Gasteiger partial charge in [-0.1, -0.05) is 141 Å². The third kappa shape index (κ3) is 3.83. The topological polar surface area (TPSA) is 20.3 Å². The lowest BCUT2D eigenvalue weighted by Gasteiger charge is -2.56. The molecule has 2 aliphatic carbocycles. The van der Waals surface area contributed by atoms with Crippen LogP contribution >= 0.6 is 0 Å². The zero-order valence-corrected chi connectivity index (χ0v) is 25.2. The molecule has 0 N–H and O–H groups in total. The molecule has 0 aromatic heterocycles. The van der Waals surface area contributed by atoms with Crippen molar-refractivity contribution in [3.05, 3.63) is 162 Å². The van der Waals surface area contributed by atoms with E-state index in [1.165, 1.54) is 39.6 Å². The molecule has 0 bridgehead atoms. The Kier molecular flexibility index (Phi) is 6.41. The van der Waals surface area contributed by atoms with Gasteiger partial charge in [0.25, 0.3) is 0 Å². The van der Waals surface area contributed by atoms with Crippen molar-refractivity contribution < 1.29 is 4.79 Å². The molecule has 44 heavy (non-hydrogen) atoms. The minimum atomic E-state index is -0.599. The van der Waals surface area contributed by atoms with Gasteiger partial charge in [-0.05, 0) is 69.7 Å². The zero-order chi connectivity index (χ0) is 29.7. The lowest BCUT2D eigenvalue weighted by molar-refractivity contribution is 0.0842. The standard InChI is InChI=1S/C42H37NO/c1-43-37-25-24-32-20-12-13-23-35(32)38(37)41(26-14-5-15-27-41)42(43)29-34(30-16-6-2-7-17-30)28-36(31-18-8-3-9-19-31)39(42)40(44)33-21-10-4-11-22-33/h2-4,6-13,16-25,28-29,39H,5,14-15,26-27H2,1H3/t39-,42-/m0/s1. The summed E-state index contributed by atoms with van der Waals surface area (Å²) in [4.78, 5) is 17.8. The molecule has 1 heterocycles. The molecule has 0 saturated heterocycles. The van der Waals surface area contributed by atoms with Gasteiger partial charge < -0.3 is 4.90 Å². The van der Waals surface area contributed by atoms with Crippen LogP contribution in [0.2, 0.25) is 0 Å². The minimum absolute atomic E-state index is 0.193. The van der Waals surface area contributed by atoms with E-state index in [2.05, 4.69) is 121 Å². The maximum Gasteiger partial charge on any atom is 0.173 e. The number of hydrogen-bond acceptors (Lipinski definition) is 2. The number of carbonyl (C=O) groups is 1. The Bertz CT molecular complexity index is 1910. The number of likely N-dealkylation sites (N-methyl/N-ethyl adjacent to an activating group) is 1. The van der Waals surface area contributed by atoms with Crippen molar-refractivity contribution in [3.63, 3.8) is 0 Å². The van der Waals surface area contributed by atoms with Crippen molar-refractivity contribution in [3.8, 4) is 0 Å². The predicted molar refractivity (Wildman–Crippen MR) is 183 cm³/mol. The van der Waals surface area contributed by atoms with Crippen LogP contribution in [-0.4, -0.2) is 18.4 Å². The highest BCUT2D eigenvalue weighted by Gasteiger charge is 2.66. The maximum absolute atomic E-state index is 15.3. The number of rotatable bonds is 4. The molecule has 2 atom stereocenters. The van der Waals surface area contributed by atoms with Crippen molar-refractivity contribution in [2.75, 3.05) is 11.9 Å². The SMILES string of the molecule is CN1c2ccc3ccccc3c2C2(CCCCC2)[C@@]12C=C(c1ccccc1)C=C(c1ccccc1)[C@H]2C(=O)c1ccccc1. The summed E-state index contributed by atoms with van der Waals surface area (Å²) in [5.74, 6) is -0.202. The average Bonchev–Trinajstić information content (AvgIpc) is 3.29. The van der Waals surface area contributed by atoms with E-state index in [-0.39, 0.29) is 11.2 Å². The molecule has 2 spiro atoms. The van der Waals surface area contributed by atoms with Crippen molar-refractivity contribution in [2.24, 2.45) is 5.92 Å². The maximum atomic E-state index is 15.3. The van der Waals surface area contributed by atoms with Gasteiger partial charge in [0.2, 0.25) is 0 Å². The highest BCUT2D eigenvalue weighted by molar-refractivity contribution is 6.11.